The van der Waals surface area contributed by atoms with Crippen molar-refractivity contribution in [2.24, 2.45) is 0 Å². The van der Waals surface area contributed by atoms with Gasteiger partial charge >= 0.3 is 0 Å². The molecule has 0 atom stereocenters. The van der Waals surface area contributed by atoms with Crippen molar-refractivity contribution in [1.82, 2.24) is 4.98 Å². The topological polar surface area (TPSA) is 12.9 Å². The van der Waals surface area contributed by atoms with Gasteiger partial charge in [0.1, 0.15) is 0 Å². The summed E-state index contributed by atoms with van der Waals surface area (Å²) in [6.07, 6.45) is 1.84. The van der Waals surface area contributed by atoms with Crippen LogP contribution in [0.15, 0.2) is 24.3 Å². The van der Waals surface area contributed by atoms with Crippen LogP contribution in [0.4, 0.5) is 8.78 Å². The van der Waals surface area contributed by atoms with Gasteiger partial charge in [-0.25, -0.2) is 13.8 Å². The SMILES string of the molecule is Fc1c(C2CC2)nc2ccccc2c1F. The van der Waals surface area contributed by atoms with E-state index in [9.17, 15) is 8.78 Å². The average molecular weight is 205 g/mol. The fourth-order valence-corrected chi connectivity index (χ4v) is 1.79. The lowest BCUT2D eigenvalue weighted by Crippen LogP contribution is -1.98. The summed E-state index contributed by atoms with van der Waals surface area (Å²) in [5, 5.41) is 0.263. The highest BCUT2D eigenvalue weighted by atomic mass is 19.2. The van der Waals surface area contributed by atoms with E-state index >= 15 is 0 Å². The molecule has 3 heteroatoms. The van der Waals surface area contributed by atoms with E-state index in [4.69, 9.17) is 0 Å². The average Bonchev–Trinajstić information content (AvgIpc) is 3.07. The molecule has 0 N–H and O–H groups in total. The van der Waals surface area contributed by atoms with Gasteiger partial charge in [-0.3, -0.25) is 0 Å². The van der Waals surface area contributed by atoms with E-state index in [2.05, 4.69) is 4.98 Å². The molecule has 1 nitrogen and oxygen atoms in total. The highest BCUT2D eigenvalue weighted by Gasteiger charge is 2.30. The molecule has 0 spiro atoms. The first-order chi connectivity index (χ1) is 7.27. The Morgan fingerprint density at radius 1 is 1.07 bits per heavy atom. The molecule has 0 radical (unpaired) electrons. The second kappa shape index (κ2) is 2.99. The second-order valence-electron chi connectivity index (χ2n) is 3.92. The number of fused-ring (bicyclic) bond motifs is 1. The Kier molecular flexibility index (Phi) is 1.75. The van der Waals surface area contributed by atoms with Crippen molar-refractivity contribution in [2.45, 2.75) is 18.8 Å². The fraction of sp³-hybridized carbons (Fsp3) is 0.250. The van der Waals surface area contributed by atoms with E-state index in [-0.39, 0.29) is 11.3 Å². The summed E-state index contributed by atoms with van der Waals surface area (Å²) in [7, 11) is 0. The van der Waals surface area contributed by atoms with Crippen LogP contribution in [-0.4, -0.2) is 4.98 Å². The molecular weight excluding hydrogens is 196 g/mol. The second-order valence-corrected chi connectivity index (χ2v) is 3.92. The van der Waals surface area contributed by atoms with Crippen LogP contribution in [0.1, 0.15) is 24.5 Å². The number of nitrogens with zero attached hydrogens (tertiary/aromatic N) is 1. The molecule has 0 aliphatic heterocycles. The van der Waals surface area contributed by atoms with E-state index < -0.39 is 11.6 Å². The van der Waals surface area contributed by atoms with Crippen LogP contribution in [0, 0.1) is 11.6 Å². The van der Waals surface area contributed by atoms with E-state index in [0.29, 0.717) is 11.2 Å². The first-order valence-electron chi connectivity index (χ1n) is 5.01. The molecule has 1 aliphatic rings. The van der Waals surface area contributed by atoms with Crippen LogP contribution in [0.2, 0.25) is 0 Å². The molecule has 0 bridgehead atoms. The smallest absolute Gasteiger partial charge is 0.181 e. The summed E-state index contributed by atoms with van der Waals surface area (Å²) < 4.78 is 27.2. The Balaban J connectivity index is 2.34. The molecule has 1 saturated carbocycles. The third-order valence-corrected chi connectivity index (χ3v) is 2.76. The van der Waals surface area contributed by atoms with Gasteiger partial charge in [0.2, 0.25) is 0 Å². The zero-order chi connectivity index (χ0) is 10.4. The lowest BCUT2D eigenvalue weighted by molar-refractivity contribution is 0.501. The van der Waals surface area contributed by atoms with Gasteiger partial charge in [0.15, 0.2) is 11.6 Å². The van der Waals surface area contributed by atoms with Crippen LogP contribution >= 0.6 is 0 Å². The molecule has 1 aromatic heterocycles. The predicted molar refractivity (Wildman–Crippen MR) is 53.6 cm³/mol. The molecule has 2 aromatic rings. The van der Waals surface area contributed by atoms with Crippen molar-refractivity contribution in [2.75, 3.05) is 0 Å². The highest BCUT2D eigenvalue weighted by molar-refractivity contribution is 5.79. The molecule has 1 aliphatic carbocycles. The lowest BCUT2D eigenvalue weighted by atomic mass is 10.1. The summed E-state index contributed by atoms with van der Waals surface area (Å²) in [6.45, 7) is 0. The Morgan fingerprint density at radius 3 is 2.53 bits per heavy atom. The van der Waals surface area contributed by atoms with Crippen LogP contribution < -0.4 is 0 Å². The van der Waals surface area contributed by atoms with Crippen molar-refractivity contribution >= 4 is 10.9 Å². The van der Waals surface area contributed by atoms with Gasteiger partial charge in [-0.1, -0.05) is 12.1 Å². The van der Waals surface area contributed by atoms with Crippen LogP contribution in [-0.2, 0) is 0 Å². The Labute approximate surface area is 85.8 Å². The fourth-order valence-electron chi connectivity index (χ4n) is 1.79. The van der Waals surface area contributed by atoms with Crippen molar-refractivity contribution in [3.05, 3.63) is 41.6 Å². The minimum Gasteiger partial charge on any atom is -0.249 e. The van der Waals surface area contributed by atoms with E-state index in [0.717, 1.165) is 12.8 Å². The van der Waals surface area contributed by atoms with E-state index in [1.165, 1.54) is 0 Å². The Hall–Kier alpha value is -1.51. The minimum absolute atomic E-state index is 0.129. The standard InChI is InChI=1S/C12H9F2N/c13-10-8-3-1-2-4-9(8)15-12(11(10)14)7-5-6-7/h1-4,7H,5-6H2. The van der Waals surface area contributed by atoms with Gasteiger partial charge in [-0.05, 0) is 25.0 Å². The van der Waals surface area contributed by atoms with Crippen molar-refractivity contribution in [3.8, 4) is 0 Å². The molecule has 0 saturated heterocycles. The van der Waals surface area contributed by atoms with Gasteiger partial charge in [0.05, 0.1) is 11.2 Å². The van der Waals surface area contributed by atoms with Crippen LogP contribution in [0.25, 0.3) is 10.9 Å². The van der Waals surface area contributed by atoms with Crippen molar-refractivity contribution in [1.29, 1.82) is 0 Å². The summed E-state index contributed by atoms with van der Waals surface area (Å²) in [5.41, 5.74) is 0.838. The first-order valence-corrected chi connectivity index (χ1v) is 5.01. The minimum atomic E-state index is -0.767. The number of para-hydroxylation sites is 1. The quantitative estimate of drug-likeness (QED) is 0.695. The highest BCUT2D eigenvalue weighted by Crippen LogP contribution is 2.41. The van der Waals surface area contributed by atoms with E-state index in [1.807, 2.05) is 0 Å². The van der Waals surface area contributed by atoms with E-state index in [1.54, 1.807) is 24.3 Å². The normalized spacial score (nSPS) is 15.9. The number of aromatic nitrogens is 1. The zero-order valence-corrected chi connectivity index (χ0v) is 8.00. The molecule has 1 heterocycles. The summed E-state index contributed by atoms with van der Waals surface area (Å²) >= 11 is 0. The maximum atomic E-state index is 13.6. The van der Waals surface area contributed by atoms with Gasteiger partial charge < -0.3 is 0 Å². The van der Waals surface area contributed by atoms with Crippen LogP contribution in [0.5, 0.6) is 0 Å². The van der Waals surface area contributed by atoms with Gasteiger partial charge in [-0.15, -0.1) is 0 Å². The number of benzene rings is 1. The van der Waals surface area contributed by atoms with Gasteiger partial charge in [0, 0.05) is 11.3 Å². The number of hydrogen-bond acceptors (Lipinski definition) is 1. The first kappa shape index (κ1) is 8.77. The predicted octanol–water partition coefficient (Wildman–Crippen LogP) is 3.39. The number of rotatable bonds is 1. The Bertz CT molecular complexity index is 532. The third kappa shape index (κ3) is 1.30. The van der Waals surface area contributed by atoms with Gasteiger partial charge in [-0.2, -0.15) is 0 Å². The third-order valence-electron chi connectivity index (χ3n) is 2.76. The molecule has 0 unspecified atom stereocenters. The summed E-state index contributed by atoms with van der Waals surface area (Å²) in [4.78, 5) is 4.18. The molecule has 1 fully saturated rings. The maximum absolute atomic E-state index is 13.6. The number of pyridine rings is 1. The van der Waals surface area contributed by atoms with Gasteiger partial charge in [0.25, 0.3) is 0 Å². The Morgan fingerprint density at radius 2 is 1.80 bits per heavy atom. The zero-order valence-electron chi connectivity index (χ0n) is 8.00. The molecule has 3 rings (SSSR count). The molecule has 0 amide bonds. The maximum Gasteiger partial charge on any atom is 0.181 e. The molecule has 1 aromatic carbocycles. The van der Waals surface area contributed by atoms with Crippen molar-refractivity contribution < 1.29 is 8.78 Å². The molecule has 76 valence electrons. The van der Waals surface area contributed by atoms with Crippen molar-refractivity contribution in [3.63, 3.8) is 0 Å². The lowest BCUT2D eigenvalue weighted by Gasteiger charge is -2.05. The largest absolute Gasteiger partial charge is 0.249 e. The summed E-state index contributed by atoms with van der Waals surface area (Å²) in [6, 6.07) is 6.73. The monoisotopic (exact) mass is 205 g/mol. The molecule has 15 heavy (non-hydrogen) atoms. The molecular formula is C12H9F2N. The van der Waals surface area contributed by atoms with Crippen LogP contribution in [0.3, 0.4) is 0 Å². The number of hydrogen-bond donors (Lipinski definition) is 0. The number of halogens is 2. The summed E-state index contributed by atoms with van der Waals surface area (Å²) in [5.74, 6) is -1.40.